The van der Waals surface area contributed by atoms with E-state index >= 15 is 0 Å². The van der Waals surface area contributed by atoms with Crippen molar-refractivity contribution >= 4 is 17.9 Å². The molecule has 0 saturated heterocycles. The van der Waals surface area contributed by atoms with Gasteiger partial charge in [0.15, 0.2) is 6.10 Å². The fraction of sp³-hybridized carbons (Fsp3) is 0.875. The zero-order chi connectivity index (χ0) is 28.2. The molecule has 0 aromatic rings. The minimum Gasteiger partial charge on any atom is -0.460 e. The molecule has 0 aliphatic heterocycles. The molecule has 12 nitrogen and oxygen atoms in total. The van der Waals surface area contributed by atoms with E-state index < -0.39 is 91.6 Å². The van der Waals surface area contributed by atoms with Crippen LogP contribution in [0.1, 0.15) is 60.8 Å². The second kappa shape index (κ2) is 16.8. The van der Waals surface area contributed by atoms with Gasteiger partial charge in [0.25, 0.3) is 0 Å². The van der Waals surface area contributed by atoms with Crippen molar-refractivity contribution in [1.29, 1.82) is 0 Å². The molecule has 0 aromatic heterocycles. The third kappa shape index (κ3) is 10.3. The Morgan fingerprint density at radius 2 is 1.06 bits per heavy atom. The SMILES string of the molecule is CC[C@@H](C)[C@H](O)C(=O)O[C@H](C(=O)O[C@H](C(=O)OC[C@H](O)[C@H](O)[C@H](O)[C@H](O)CO)[C@@H](C)CC)[C@@H](C)CC. The molecule has 36 heavy (non-hydrogen) atoms. The molecule has 0 bridgehead atoms. The molecule has 0 radical (unpaired) electrons. The molecule has 12 heteroatoms. The number of hydrogen-bond donors (Lipinski definition) is 6. The first-order valence-electron chi connectivity index (χ1n) is 12.4. The van der Waals surface area contributed by atoms with E-state index in [4.69, 9.17) is 19.3 Å². The van der Waals surface area contributed by atoms with Crippen molar-refractivity contribution in [3.63, 3.8) is 0 Å². The summed E-state index contributed by atoms with van der Waals surface area (Å²) < 4.78 is 15.6. The summed E-state index contributed by atoms with van der Waals surface area (Å²) in [5.74, 6) is -4.45. The highest BCUT2D eigenvalue weighted by Crippen LogP contribution is 2.21. The molecule has 0 rings (SSSR count). The molecule has 0 aliphatic rings. The van der Waals surface area contributed by atoms with Crippen LogP contribution in [0.25, 0.3) is 0 Å². The lowest BCUT2D eigenvalue weighted by atomic mass is 9.99. The molecule has 0 unspecified atom stereocenters. The molecule has 0 spiro atoms. The Morgan fingerprint density at radius 3 is 1.50 bits per heavy atom. The first kappa shape index (κ1) is 34.2. The number of carbonyl (C=O) groups excluding carboxylic acids is 3. The Kier molecular flexibility index (Phi) is 16.0. The van der Waals surface area contributed by atoms with Crippen molar-refractivity contribution in [3.05, 3.63) is 0 Å². The van der Waals surface area contributed by atoms with Crippen molar-refractivity contribution in [3.8, 4) is 0 Å². The lowest BCUT2D eigenvalue weighted by Crippen LogP contribution is -2.48. The van der Waals surface area contributed by atoms with E-state index in [1.807, 2.05) is 0 Å². The van der Waals surface area contributed by atoms with Gasteiger partial charge in [0.05, 0.1) is 6.61 Å². The smallest absolute Gasteiger partial charge is 0.348 e. The maximum atomic E-state index is 13.0. The zero-order valence-electron chi connectivity index (χ0n) is 21.9. The molecule has 0 aliphatic carbocycles. The Balaban J connectivity index is 5.45. The Bertz CT molecular complexity index is 671. The van der Waals surface area contributed by atoms with Gasteiger partial charge in [-0.15, -0.1) is 0 Å². The van der Waals surface area contributed by atoms with E-state index in [0.29, 0.717) is 19.3 Å². The third-order valence-corrected chi connectivity index (χ3v) is 6.42. The van der Waals surface area contributed by atoms with E-state index in [9.17, 15) is 39.9 Å². The molecule has 0 heterocycles. The van der Waals surface area contributed by atoms with Gasteiger partial charge < -0.3 is 44.8 Å². The fourth-order valence-electron chi connectivity index (χ4n) is 2.98. The first-order chi connectivity index (χ1) is 16.8. The van der Waals surface area contributed by atoms with Gasteiger partial charge in [-0.25, -0.2) is 14.4 Å². The molecule has 6 N–H and O–H groups in total. The quantitative estimate of drug-likeness (QED) is 0.103. The summed E-state index contributed by atoms with van der Waals surface area (Å²) >= 11 is 0. The second-order valence-electron chi connectivity index (χ2n) is 9.24. The van der Waals surface area contributed by atoms with E-state index in [2.05, 4.69) is 0 Å². The van der Waals surface area contributed by atoms with E-state index in [-0.39, 0.29) is 0 Å². The van der Waals surface area contributed by atoms with Crippen LogP contribution in [0, 0.1) is 17.8 Å². The summed E-state index contributed by atoms with van der Waals surface area (Å²) in [6.07, 6.45) is -10.3. The van der Waals surface area contributed by atoms with E-state index in [1.54, 1.807) is 41.5 Å². The summed E-state index contributed by atoms with van der Waals surface area (Å²) in [6.45, 7) is 8.54. The standard InChI is InChI=1S/C24H44O12/c1-7-12(4)17(28)22(31)35-21(14(6)9-3)24(33)36-20(13(5)8-2)23(32)34-11-16(27)19(30)18(29)15(26)10-25/h12-21,25-30H,7-11H2,1-6H3/t12-,13+,14+,15-,16+,17+,18-,19+,20+,21+/m1/s1. The Morgan fingerprint density at radius 1 is 0.639 bits per heavy atom. The maximum absolute atomic E-state index is 13.0. The number of rotatable bonds is 17. The van der Waals surface area contributed by atoms with Crippen molar-refractivity contribution in [2.45, 2.75) is 104 Å². The summed E-state index contributed by atoms with van der Waals surface area (Å²) in [4.78, 5) is 38.0. The molecule has 0 amide bonds. The van der Waals surface area contributed by atoms with Crippen LogP contribution in [-0.4, -0.2) is 104 Å². The van der Waals surface area contributed by atoms with Crippen molar-refractivity contribution in [1.82, 2.24) is 0 Å². The van der Waals surface area contributed by atoms with Crippen LogP contribution in [0.5, 0.6) is 0 Å². The van der Waals surface area contributed by atoms with E-state index in [0.717, 1.165) is 0 Å². The van der Waals surface area contributed by atoms with Crippen LogP contribution in [0.2, 0.25) is 0 Å². The monoisotopic (exact) mass is 524 g/mol. The van der Waals surface area contributed by atoms with E-state index in [1.165, 1.54) is 0 Å². The summed E-state index contributed by atoms with van der Waals surface area (Å²) in [7, 11) is 0. The van der Waals surface area contributed by atoms with Crippen molar-refractivity contribution in [2.75, 3.05) is 13.2 Å². The Labute approximate surface area is 212 Å². The molecule has 0 aromatic carbocycles. The van der Waals surface area contributed by atoms with Gasteiger partial charge in [0.1, 0.15) is 31.0 Å². The minimum atomic E-state index is -1.93. The molecule has 212 valence electrons. The average Bonchev–Trinajstić information content (AvgIpc) is 2.89. The molecule has 0 saturated carbocycles. The predicted octanol–water partition coefficient (Wildman–Crippen LogP) is -0.712. The highest BCUT2D eigenvalue weighted by molar-refractivity contribution is 5.84. The van der Waals surface area contributed by atoms with Gasteiger partial charge >= 0.3 is 17.9 Å². The second-order valence-corrected chi connectivity index (χ2v) is 9.24. The van der Waals surface area contributed by atoms with Crippen LogP contribution in [0.3, 0.4) is 0 Å². The molecule has 0 fully saturated rings. The predicted molar refractivity (Wildman–Crippen MR) is 126 cm³/mol. The van der Waals surface area contributed by atoms with Gasteiger partial charge in [-0.3, -0.25) is 0 Å². The van der Waals surface area contributed by atoms with Crippen molar-refractivity contribution < 1.29 is 59.2 Å². The third-order valence-electron chi connectivity index (χ3n) is 6.42. The number of aliphatic hydroxyl groups is 6. The number of hydrogen-bond acceptors (Lipinski definition) is 12. The van der Waals surface area contributed by atoms with Crippen LogP contribution < -0.4 is 0 Å². The van der Waals surface area contributed by atoms with Gasteiger partial charge in [-0.05, 0) is 18.8 Å². The molecule has 10 atom stereocenters. The number of esters is 3. The van der Waals surface area contributed by atoms with Gasteiger partial charge in [0, 0.05) is 11.8 Å². The Hall–Kier alpha value is -1.83. The minimum absolute atomic E-state index is 0.389. The van der Waals surface area contributed by atoms with Crippen molar-refractivity contribution in [2.24, 2.45) is 17.8 Å². The highest BCUT2D eigenvalue weighted by atomic mass is 16.6. The number of ether oxygens (including phenoxy) is 3. The number of carbonyl (C=O) groups is 3. The molecular formula is C24H44O12. The van der Waals surface area contributed by atoms with Crippen LogP contribution in [-0.2, 0) is 28.6 Å². The topological polar surface area (TPSA) is 200 Å². The fourth-order valence-corrected chi connectivity index (χ4v) is 2.98. The van der Waals surface area contributed by atoms with Gasteiger partial charge in [-0.1, -0.05) is 48.0 Å². The summed E-state index contributed by atoms with van der Waals surface area (Å²) in [5, 5.41) is 57.9. The summed E-state index contributed by atoms with van der Waals surface area (Å²) in [6, 6.07) is 0. The van der Waals surface area contributed by atoms with Gasteiger partial charge in [-0.2, -0.15) is 0 Å². The highest BCUT2D eigenvalue weighted by Gasteiger charge is 2.38. The largest absolute Gasteiger partial charge is 0.460 e. The lowest BCUT2D eigenvalue weighted by Gasteiger charge is -2.28. The maximum Gasteiger partial charge on any atom is 0.348 e. The normalized spacial score (nSPS) is 20.0. The average molecular weight is 525 g/mol. The van der Waals surface area contributed by atoms with Crippen LogP contribution >= 0.6 is 0 Å². The zero-order valence-corrected chi connectivity index (χ0v) is 21.9. The van der Waals surface area contributed by atoms with Gasteiger partial charge in [0.2, 0.25) is 12.2 Å². The lowest BCUT2D eigenvalue weighted by molar-refractivity contribution is -0.190. The molecular weight excluding hydrogens is 480 g/mol. The van der Waals surface area contributed by atoms with Crippen LogP contribution in [0.15, 0.2) is 0 Å². The summed E-state index contributed by atoms with van der Waals surface area (Å²) in [5.41, 5.74) is 0. The van der Waals surface area contributed by atoms with Crippen LogP contribution in [0.4, 0.5) is 0 Å². The number of aliphatic hydroxyl groups excluding tert-OH is 6. The first-order valence-corrected chi connectivity index (χ1v) is 12.4.